The highest BCUT2D eigenvalue weighted by molar-refractivity contribution is 5.90. The van der Waals surface area contributed by atoms with Crippen LogP contribution in [0.1, 0.15) is 30.7 Å². The lowest BCUT2D eigenvalue weighted by Gasteiger charge is -2.36. The standard InChI is InChI=1S/C23H32N6O2/c1-17-15-19(31-3)7-8-20(17)26-23(30)29-13-11-28(12-14-29)22-16-21(24-18(2)25-22)27-9-5-4-6-10-27/h7-8,15-16H,4-6,9-14H2,1-3H3,(H,26,30). The van der Waals surface area contributed by atoms with Gasteiger partial charge < -0.3 is 24.8 Å². The Morgan fingerprint density at radius 2 is 1.55 bits per heavy atom. The molecule has 2 saturated heterocycles. The second-order valence-electron chi connectivity index (χ2n) is 8.26. The lowest BCUT2D eigenvalue weighted by molar-refractivity contribution is 0.208. The van der Waals surface area contributed by atoms with Gasteiger partial charge in [0.25, 0.3) is 0 Å². The van der Waals surface area contributed by atoms with Gasteiger partial charge in [-0.25, -0.2) is 14.8 Å². The summed E-state index contributed by atoms with van der Waals surface area (Å²) in [5, 5.41) is 3.03. The average Bonchev–Trinajstić information content (AvgIpc) is 2.80. The van der Waals surface area contributed by atoms with Crippen molar-refractivity contribution in [2.75, 3.05) is 61.5 Å². The monoisotopic (exact) mass is 424 g/mol. The summed E-state index contributed by atoms with van der Waals surface area (Å²) in [6.45, 7) is 8.87. The number of rotatable bonds is 4. The molecular formula is C23H32N6O2. The van der Waals surface area contributed by atoms with Gasteiger partial charge in [-0.1, -0.05) is 0 Å². The molecule has 0 saturated carbocycles. The lowest BCUT2D eigenvalue weighted by atomic mass is 10.1. The summed E-state index contributed by atoms with van der Waals surface area (Å²) < 4.78 is 5.24. The number of nitrogens with one attached hydrogen (secondary N) is 1. The van der Waals surface area contributed by atoms with Gasteiger partial charge in [0.05, 0.1) is 7.11 Å². The fourth-order valence-corrected chi connectivity index (χ4v) is 4.22. The van der Waals surface area contributed by atoms with Crippen LogP contribution in [0.25, 0.3) is 0 Å². The molecule has 2 amide bonds. The van der Waals surface area contributed by atoms with Crippen molar-refractivity contribution >= 4 is 23.4 Å². The number of anilines is 3. The number of urea groups is 1. The number of ether oxygens (including phenoxy) is 1. The molecule has 166 valence electrons. The van der Waals surface area contributed by atoms with E-state index in [2.05, 4.69) is 31.2 Å². The zero-order chi connectivity index (χ0) is 21.8. The van der Waals surface area contributed by atoms with Crippen molar-refractivity contribution in [3.05, 3.63) is 35.7 Å². The molecule has 2 aliphatic heterocycles. The predicted molar refractivity (Wildman–Crippen MR) is 123 cm³/mol. The van der Waals surface area contributed by atoms with Crippen LogP contribution in [0.3, 0.4) is 0 Å². The number of hydrogen-bond donors (Lipinski definition) is 1. The van der Waals surface area contributed by atoms with Crippen molar-refractivity contribution in [3.8, 4) is 5.75 Å². The third kappa shape index (κ3) is 5.00. The maximum absolute atomic E-state index is 12.8. The molecular weight excluding hydrogens is 392 g/mol. The number of piperazine rings is 1. The number of nitrogens with zero attached hydrogens (tertiary/aromatic N) is 5. The SMILES string of the molecule is COc1ccc(NC(=O)N2CCN(c3cc(N4CCCCC4)nc(C)n3)CC2)c(C)c1. The molecule has 2 aliphatic rings. The van der Waals surface area contributed by atoms with Crippen molar-refractivity contribution in [2.45, 2.75) is 33.1 Å². The highest BCUT2D eigenvalue weighted by Crippen LogP contribution is 2.24. The Bertz CT molecular complexity index is 920. The highest BCUT2D eigenvalue weighted by Gasteiger charge is 2.24. The van der Waals surface area contributed by atoms with Crippen LogP contribution in [0.5, 0.6) is 5.75 Å². The summed E-state index contributed by atoms with van der Waals surface area (Å²) in [5.41, 5.74) is 1.79. The molecule has 3 heterocycles. The number of carbonyl (C=O) groups is 1. The first-order valence-corrected chi connectivity index (χ1v) is 11.1. The minimum absolute atomic E-state index is 0.0687. The molecule has 0 unspecified atom stereocenters. The maximum atomic E-state index is 12.8. The highest BCUT2D eigenvalue weighted by atomic mass is 16.5. The van der Waals surface area contributed by atoms with Crippen molar-refractivity contribution < 1.29 is 9.53 Å². The van der Waals surface area contributed by atoms with Crippen molar-refractivity contribution in [1.82, 2.24) is 14.9 Å². The van der Waals surface area contributed by atoms with Gasteiger partial charge in [0, 0.05) is 51.0 Å². The van der Waals surface area contributed by atoms with Gasteiger partial charge >= 0.3 is 6.03 Å². The summed E-state index contributed by atoms with van der Waals surface area (Å²) in [7, 11) is 1.64. The molecule has 2 fully saturated rings. The third-order valence-electron chi connectivity index (χ3n) is 6.06. The quantitative estimate of drug-likeness (QED) is 0.810. The normalized spacial score (nSPS) is 16.9. The summed E-state index contributed by atoms with van der Waals surface area (Å²) >= 11 is 0. The number of aryl methyl sites for hydroxylation is 2. The number of amides is 2. The maximum Gasteiger partial charge on any atom is 0.321 e. The summed E-state index contributed by atoms with van der Waals surface area (Å²) in [6.07, 6.45) is 3.74. The molecule has 1 aromatic heterocycles. The van der Waals surface area contributed by atoms with Crippen LogP contribution in [0.4, 0.5) is 22.1 Å². The number of carbonyl (C=O) groups excluding carboxylic acids is 1. The van der Waals surface area contributed by atoms with E-state index in [1.807, 2.05) is 36.9 Å². The van der Waals surface area contributed by atoms with E-state index in [1.54, 1.807) is 7.11 Å². The Morgan fingerprint density at radius 3 is 2.16 bits per heavy atom. The van der Waals surface area contributed by atoms with Crippen molar-refractivity contribution in [2.24, 2.45) is 0 Å². The first-order chi connectivity index (χ1) is 15.0. The molecule has 0 radical (unpaired) electrons. The van der Waals surface area contributed by atoms with Crippen LogP contribution >= 0.6 is 0 Å². The molecule has 8 heteroatoms. The van der Waals surface area contributed by atoms with Gasteiger partial charge in [-0.2, -0.15) is 0 Å². The Balaban J connectivity index is 1.37. The summed E-state index contributed by atoms with van der Waals surface area (Å²) in [5.74, 6) is 3.57. The second kappa shape index (κ2) is 9.41. The minimum Gasteiger partial charge on any atom is -0.497 e. The predicted octanol–water partition coefficient (Wildman–Crippen LogP) is 3.45. The van der Waals surface area contributed by atoms with E-state index in [4.69, 9.17) is 4.74 Å². The molecule has 4 rings (SSSR count). The number of hydrogen-bond acceptors (Lipinski definition) is 6. The zero-order valence-electron chi connectivity index (χ0n) is 18.7. The van der Waals surface area contributed by atoms with E-state index in [0.29, 0.717) is 13.1 Å². The Labute approximate surface area is 184 Å². The van der Waals surface area contributed by atoms with Crippen LogP contribution in [-0.2, 0) is 0 Å². The number of piperidine rings is 1. The molecule has 0 aliphatic carbocycles. The van der Waals surface area contributed by atoms with Crippen LogP contribution in [0.2, 0.25) is 0 Å². The van der Waals surface area contributed by atoms with E-state index in [9.17, 15) is 4.79 Å². The average molecular weight is 425 g/mol. The Kier molecular flexibility index (Phi) is 6.44. The van der Waals surface area contributed by atoms with Gasteiger partial charge in [-0.3, -0.25) is 0 Å². The van der Waals surface area contributed by atoms with Crippen molar-refractivity contribution in [3.63, 3.8) is 0 Å². The van der Waals surface area contributed by atoms with Gasteiger partial charge in [0.2, 0.25) is 0 Å². The van der Waals surface area contributed by atoms with E-state index < -0.39 is 0 Å². The molecule has 1 aromatic carbocycles. The molecule has 2 aromatic rings. The van der Waals surface area contributed by atoms with E-state index in [1.165, 1.54) is 19.3 Å². The largest absolute Gasteiger partial charge is 0.497 e. The zero-order valence-corrected chi connectivity index (χ0v) is 18.7. The van der Waals surface area contributed by atoms with E-state index in [0.717, 1.165) is 60.6 Å². The van der Waals surface area contributed by atoms with Gasteiger partial charge in [-0.15, -0.1) is 0 Å². The number of methoxy groups -OCH3 is 1. The van der Waals surface area contributed by atoms with Crippen molar-refractivity contribution in [1.29, 1.82) is 0 Å². The molecule has 31 heavy (non-hydrogen) atoms. The van der Waals surface area contributed by atoms with Crippen LogP contribution in [0.15, 0.2) is 24.3 Å². The molecule has 1 N–H and O–H groups in total. The Hall–Kier alpha value is -3.03. The van der Waals surface area contributed by atoms with Crippen LogP contribution < -0.4 is 19.9 Å². The molecule has 0 atom stereocenters. The first-order valence-electron chi connectivity index (χ1n) is 11.1. The topological polar surface area (TPSA) is 73.8 Å². The Morgan fingerprint density at radius 1 is 0.903 bits per heavy atom. The van der Waals surface area contributed by atoms with Gasteiger partial charge in [-0.05, 0) is 56.9 Å². The fraction of sp³-hybridized carbons (Fsp3) is 0.522. The van der Waals surface area contributed by atoms with Crippen LogP contribution in [0, 0.1) is 13.8 Å². The van der Waals surface area contributed by atoms with Gasteiger partial charge in [0.1, 0.15) is 23.2 Å². The fourth-order valence-electron chi connectivity index (χ4n) is 4.22. The third-order valence-corrected chi connectivity index (χ3v) is 6.06. The minimum atomic E-state index is -0.0687. The van der Waals surface area contributed by atoms with Gasteiger partial charge in [0.15, 0.2) is 0 Å². The summed E-state index contributed by atoms with van der Waals surface area (Å²) in [4.78, 5) is 28.6. The van der Waals surface area contributed by atoms with Crippen LogP contribution in [-0.4, -0.2) is 67.3 Å². The van der Waals surface area contributed by atoms with E-state index in [-0.39, 0.29) is 6.03 Å². The number of aromatic nitrogens is 2. The number of benzene rings is 1. The lowest BCUT2D eigenvalue weighted by Crippen LogP contribution is -2.50. The molecule has 8 nitrogen and oxygen atoms in total. The molecule has 0 bridgehead atoms. The van der Waals surface area contributed by atoms with E-state index >= 15 is 0 Å². The molecule has 0 spiro atoms. The second-order valence-corrected chi connectivity index (χ2v) is 8.26. The first kappa shape index (κ1) is 21.2. The smallest absolute Gasteiger partial charge is 0.321 e. The summed E-state index contributed by atoms with van der Waals surface area (Å²) in [6, 6.07) is 7.70.